The fraction of sp³-hybridized carbons (Fsp3) is 0.318. The highest BCUT2D eigenvalue weighted by atomic mass is 35.5. The Hall–Kier alpha value is -2.57. The number of anilines is 1. The van der Waals surface area contributed by atoms with E-state index < -0.39 is 0 Å². The smallest absolute Gasteiger partial charge is 0.339 e. The van der Waals surface area contributed by atoms with Crippen LogP contribution in [0.5, 0.6) is 0 Å². The summed E-state index contributed by atoms with van der Waals surface area (Å²) in [6, 6.07) is 8.78. The highest BCUT2D eigenvalue weighted by Crippen LogP contribution is 2.23. The maximum absolute atomic E-state index is 12.6. The van der Waals surface area contributed by atoms with E-state index in [1.165, 1.54) is 6.20 Å². The number of ether oxygens (including phenoxy) is 1. The zero-order valence-electron chi connectivity index (χ0n) is 16.7. The van der Waals surface area contributed by atoms with Gasteiger partial charge < -0.3 is 14.5 Å². The molecule has 1 aliphatic rings. The molecular formula is C22H23Cl2N3O3. The first-order chi connectivity index (χ1) is 14.5. The van der Waals surface area contributed by atoms with Crippen molar-refractivity contribution in [1.82, 2.24) is 9.88 Å². The number of rotatable bonds is 5. The second kappa shape index (κ2) is 10.5. The first kappa shape index (κ1) is 22.1. The Morgan fingerprint density at radius 2 is 1.93 bits per heavy atom. The first-order valence-corrected chi connectivity index (χ1v) is 10.5. The number of hydrogen-bond donors (Lipinski definition) is 0. The van der Waals surface area contributed by atoms with E-state index in [9.17, 15) is 9.59 Å². The van der Waals surface area contributed by atoms with Gasteiger partial charge in [-0.2, -0.15) is 0 Å². The number of carbonyl (C=O) groups is 2. The van der Waals surface area contributed by atoms with Crippen molar-refractivity contribution in [2.24, 2.45) is 0 Å². The number of nitrogens with zero attached hydrogens (tertiary/aromatic N) is 3. The van der Waals surface area contributed by atoms with E-state index in [-0.39, 0.29) is 11.9 Å². The quantitative estimate of drug-likeness (QED) is 0.504. The molecule has 0 bridgehead atoms. The van der Waals surface area contributed by atoms with Crippen LogP contribution in [0, 0.1) is 0 Å². The first-order valence-electron chi connectivity index (χ1n) is 9.78. The average molecular weight is 448 g/mol. The molecule has 0 aliphatic carbocycles. The Kier molecular flexibility index (Phi) is 7.71. The molecule has 1 saturated heterocycles. The topological polar surface area (TPSA) is 62.7 Å². The summed E-state index contributed by atoms with van der Waals surface area (Å²) < 4.78 is 4.98. The second-order valence-electron chi connectivity index (χ2n) is 6.80. The van der Waals surface area contributed by atoms with Gasteiger partial charge in [-0.1, -0.05) is 29.3 Å². The third-order valence-corrected chi connectivity index (χ3v) is 5.49. The third-order valence-electron chi connectivity index (χ3n) is 4.75. The van der Waals surface area contributed by atoms with Crippen LogP contribution in [0.3, 0.4) is 0 Å². The monoisotopic (exact) mass is 447 g/mol. The summed E-state index contributed by atoms with van der Waals surface area (Å²) in [4.78, 5) is 32.7. The Morgan fingerprint density at radius 3 is 2.63 bits per heavy atom. The average Bonchev–Trinajstić information content (AvgIpc) is 3.01. The van der Waals surface area contributed by atoms with E-state index in [1.807, 2.05) is 17.0 Å². The molecular weight excluding hydrogens is 425 g/mol. The molecule has 1 aromatic heterocycles. The van der Waals surface area contributed by atoms with E-state index in [4.69, 9.17) is 27.9 Å². The maximum atomic E-state index is 12.6. The van der Waals surface area contributed by atoms with Crippen LogP contribution in [-0.4, -0.2) is 54.5 Å². The molecule has 2 heterocycles. The molecule has 30 heavy (non-hydrogen) atoms. The Balaban J connectivity index is 1.58. The van der Waals surface area contributed by atoms with Gasteiger partial charge in [-0.05, 0) is 49.2 Å². The molecule has 3 rings (SSSR count). The van der Waals surface area contributed by atoms with E-state index in [2.05, 4.69) is 9.88 Å². The molecule has 6 nitrogen and oxygen atoms in total. The predicted molar refractivity (Wildman–Crippen MR) is 119 cm³/mol. The number of pyridine rings is 1. The van der Waals surface area contributed by atoms with Crippen LogP contribution in [0.4, 0.5) is 5.82 Å². The lowest BCUT2D eigenvalue weighted by Gasteiger charge is -2.22. The van der Waals surface area contributed by atoms with Crippen molar-refractivity contribution in [3.8, 4) is 0 Å². The Morgan fingerprint density at radius 1 is 1.10 bits per heavy atom. The van der Waals surface area contributed by atoms with Crippen molar-refractivity contribution >= 4 is 47.0 Å². The molecule has 0 saturated carbocycles. The fourth-order valence-electron chi connectivity index (χ4n) is 3.16. The molecule has 1 aromatic carbocycles. The van der Waals surface area contributed by atoms with Crippen molar-refractivity contribution in [2.45, 2.75) is 13.3 Å². The van der Waals surface area contributed by atoms with Crippen LogP contribution in [0.2, 0.25) is 10.0 Å². The third kappa shape index (κ3) is 5.74. The Labute approximate surface area is 186 Å². The highest BCUT2D eigenvalue weighted by molar-refractivity contribution is 6.42. The van der Waals surface area contributed by atoms with Crippen molar-refractivity contribution in [3.63, 3.8) is 0 Å². The zero-order valence-corrected chi connectivity index (χ0v) is 18.2. The number of amides is 1. The number of benzene rings is 1. The molecule has 0 N–H and O–H groups in total. The van der Waals surface area contributed by atoms with Gasteiger partial charge in [0.2, 0.25) is 5.91 Å². The zero-order chi connectivity index (χ0) is 21.5. The lowest BCUT2D eigenvalue weighted by atomic mass is 10.2. The largest absolute Gasteiger partial charge is 0.462 e. The molecule has 2 aromatic rings. The molecule has 1 fully saturated rings. The number of esters is 1. The molecule has 0 spiro atoms. The second-order valence-corrected chi connectivity index (χ2v) is 7.61. The molecule has 1 aliphatic heterocycles. The Bertz CT molecular complexity index is 932. The number of aromatic nitrogens is 1. The van der Waals surface area contributed by atoms with Crippen LogP contribution in [0.25, 0.3) is 6.08 Å². The van der Waals surface area contributed by atoms with Gasteiger partial charge in [-0.15, -0.1) is 0 Å². The minimum absolute atomic E-state index is 0.0476. The molecule has 158 valence electrons. The summed E-state index contributed by atoms with van der Waals surface area (Å²) in [5.74, 6) is 0.357. The van der Waals surface area contributed by atoms with Crippen LogP contribution >= 0.6 is 23.2 Å². The van der Waals surface area contributed by atoms with Crippen molar-refractivity contribution in [2.75, 3.05) is 37.7 Å². The summed E-state index contributed by atoms with van der Waals surface area (Å²) in [6.07, 6.45) is 5.65. The van der Waals surface area contributed by atoms with Gasteiger partial charge in [0.25, 0.3) is 0 Å². The SMILES string of the molecule is CCOC(=O)c1ccc(N2CCCN(C(=O)C=Cc3ccc(Cl)c(Cl)c3)CC2)nc1. The van der Waals surface area contributed by atoms with Gasteiger partial charge in [0.1, 0.15) is 5.82 Å². The van der Waals surface area contributed by atoms with E-state index in [0.717, 1.165) is 24.3 Å². The molecule has 0 unspecified atom stereocenters. The number of halogens is 2. The summed E-state index contributed by atoms with van der Waals surface area (Å²) in [6.45, 7) is 4.80. The van der Waals surface area contributed by atoms with Crippen LogP contribution in [-0.2, 0) is 9.53 Å². The molecule has 8 heteroatoms. The van der Waals surface area contributed by atoms with E-state index >= 15 is 0 Å². The van der Waals surface area contributed by atoms with Crippen LogP contribution in [0.1, 0.15) is 29.3 Å². The molecule has 0 atom stereocenters. The summed E-state index contributed by atoms with van der Waals surface area (Å²) in [5.41, 5.74) is 1.25. The standard InChI is InChI=1S/C22H23Cl2N3O3/c1-2-30-22(29)17-6-8-20(25-15-17)26-10-3-11-27(13-12-26)21(28)9-5-16-4-7-18(23)19(24)14-16/h4-9,14-15H,2-3,10-13H2,1H3. The number of carbonyl (C=O) groups excluding carboxylic acids is 2. The summed E-state index contributed by atoms with van der Waals surface area (Å²) in [5, 5.41) is 0.940. The summed E-state index contributed by atoms with van der Waals surface area (Å²) in [7, 11) is 0. The highest BCUT2D eigenvalue weighted by Gasteiger charge is 2.19. The minimum Gasteiger partial charge on any atom is -0.462 e. The lowest BCUT2D eigenvalue weighted by Crippen LogP contribution is -2.34. The van der Waals surface area contributed by atoms with E-state index in [0.29, 0.717) is 41.8 Å². The molecule has 1 amide bonds. The fourth-order valence-corrected chi connectivity index (χ4v) is 3.47. The van der Waals surface area contributed by atoms with Crippen molar-refractivity contribution in [3.05, 3.63) is 63.8 Å². The van der Waals surface area contributed by atoms with E-state index in [1.54, 1.807) is 37.3 Å². The molecule has 0 radical (unpaired) electrons. The van der Waals surface area contributed by atoms with Gasteiger partial charge in [0.15, 0.2) is 0 Å². The van der Waals surface area contributed by atoms with Crippen LogP contribution < -0.4 is 4.90 Å². The normalized spacial score (nSPS) is 14.6. The predicted octanol–water partition coefficient (Wildman–Crippen LogP) is 4.32. The van der Waals surface area contributed by atoms with Gasteiger partial charge in [0, 0.05) is 38.5 Å². The van der Waals surface area contributed by atoms with Gasteiger partial charge in [0.05, 0.1) is 22.2 Å². The summed E-state index contributed by atoms with van der Waals surface area (Å²) >= 11 is 11.9. The van der Waals surface area contributed by atoms with Gasteiger partial charge in [-0.3, -0.25) is 4.79 Å². The van der Waals surface area contributed by atoms with Crippen molar-refractivity contribution in [1.29, 1.82) is 0 Å². The lowest BCUT2D eigenvalue weighted by molar-refractivity contribution is -0.125. The van der Waals surface area contributed by atoms with Crippen molar-refractivity contribution < 1.29 is 14.3 Å². The van der Waals surface area contributed by atoms with Gasteiger partial charge in [-0.25, -0.2) is 9.78 Å². The maximum Gasteiger partial charge on any atom is 0.339 e. The minimum atomic E-state index is -0.377. The number of hydrogen-bond acceptors (Lipinski definition) is 5. The van der Waals surface area contributed by atoms with Gasteiger partial charge >= 0.3 is 5.97 Å². The van der Waals surface area contributed by atoms with Crippen LogP contribution in [0.15, 0.2) is 42.6 Å².